The Labute approximate surface area is 73.0 Å². The number of aromatic hydroxyl groups is 1. The van der Waals surface area contributed by atoms with Crippen LogP contribution < -0.4 is 9.47 Å². The molecule has 2 rings (SSSR count). The number of rotatable bonds is 0. The van der Waals surface area contributed by atoms with Gasteiger partial charge in [0.05, 0.1) is 0 Å². The zero-order chi connectivity index (χ0) is 7.84. The van der Waals surface area contributed by atoms with E-state index in [4.69, 9.17) is 9.47 Å². The normalized spacial score (nSPS) is 15.0. The summed E-state index contributed by atoms with van der Waals surface area (Å²) in [6.45, 7) is 1.02. The van der Waals surface area contributed by atoms with Gasteiger partial charge < -0.3 is 14.6 Å². The minimum absolute atomic E-state index is 0.143. The highest BCUT2D eigenvalue weighted by Crippen LogP contribution is 2.50. The van der Waals surface area contributed by atoms with Crippen molar-refractivity contribution in [3.05, 3.63) is 0 Å². The molecule has 60 valence electrons. The molecule has 0 fully saturated rings. The molecular weight excluding hydrogens is 184 g/mol. The summed E-state index contributed by atoms with van der Waals surface area (Å²) in [7, 11) is 0. The van der Waals surface area contributed by atoms with Gasteiger partial charge in [0, 0.05) is 0 Å². The van der Waals surface area contributed by atoms with Crippen LogP contribution in [0, 0.1) is 0 Å². The number of hydrogen-bond donors (Lipinski definition) is 2. The molecule has 0 amide bonds. The van der Waals surface area contributed by atoms with Crippen LogP contribution in [0.25, 0.3) is 0 Å². The zero-order valence-electron chi connectivity index (χ0n) is 5.53. The second-order valence-corrected chi connectivity index (χ2v) is 3.82. The first kappa shape index (κ1) is 7.12. The van der Waals surface area contributed by atoms with E-state index in [1.807, 2.05) is 0 Å². The van der Waals surface area contributed by atoms with Gasteiger partial charge in [0.2, 0.25) is 10.8 Å². The second-order valence-electron chi connectivity index (χ2n) is 2.07. The summed E-state index contributed by atoms with van der Waals surface area (Å²) in [6, 6.07) is 0. The summed E-state index contributed by atoms with van der Waals surface area (Å²) in [5.74, 6) is 1.01. The lowest BCUT2D eigenvalue weighted by Gasteiger charge is -2.14. The molecule has 0 bridgehead atoms. The van der Waals surface area contributed by atoms with Crippen molar-refractivity contribution in [3.63, 3.8) is 0 Å². The molecule has 0 radical (unpaired) electrons. The largest absolute Gasteiger partial charge is 0.497 e. The smallest absolute Gasteiger partial charge is 0.219 e. The predicted octanol–water partition coefficient (Wildman–Crippen LogP) is 1.51. The van der Waals surface area contributed by atoms with E-state index >= 15 is 0 Å². The maximum absolute atomic E-state index is 9.24. The molecule has 0 saturated carbocycles. The number of thiol groups is 1. The minimum Gasteiger partial charge on any atom is -0.497 e. The van der Waals surface area contributed by atoms with Gasteiger partial charge in [-0.3, -0.25) is 0 Å². The van der Waals surface area contributed by atoms with Crippen molar-refractivity contribution in [1.82, 2.24) is 0 Å². The zero-order valence-corrected chi connectivity index (χ0v) is 7.24. The summed E-state index contributed by atoms with van der Waals surface area (Å²) in [4.78, 5) is 0. The Bertz CT molecular complexity index is 255. The monoisotopic (exact) mass is 190 g/mol. The molecule has 0 unspecified atom stereocenters. The van der Waals surface area contributed by atoms with Crippen LogP contribution in [0.1, 0.15) is 0 Å². The highest BCUT2D eigenvalue weighted by Gasteiger charge is 2.22. The first-order valence-corrected chi connectivity index (χ1v) is 4.35. The van der Waals surface area contributed by atoms with E-state index in [2.05, 4.69) is 12.6 Å². The lowest BCUT2D eigenvalue weighted by molar-refractivity contribution is 0.165. The fourth-order valence-electron chi connectivity index (χ4n) is 0.921. The van der Waals surface area contributed by atoms with Crippen molar-refractivity contribution in [2.24, 2.45) is 0 Å². The van der Waals surface area contributed by atoms with Crippen LogP contribution in [0.15, 0.2) is 4.21 Å². The topological polar surface area (TPSA) is 38.7 Å². The molecule has 5 heteroatoms. The molecule has 1 aromatic heterocycles. The number of hydrogen-bond acceptors (Lipinski definition) is 5. The molecule has 1 aliphatic heterocycles. The molecule has 0 aliphatic carbocycles. The van der Waals surface area contributed by atoms with Crippen molar-refractivity contribution >= 4 is 24.0 Å². The van der Waals surface area contributed by atoms with Crippen LogP contribution >= 0.6 is 24.0 Å². The van der Waals surface area contributed by atoms with E-state index in [1.54, 1.807) is 0 Å². The Morgan fingerprint density at radius 1 is 1.27 bits per heavy atom. The Hall–Kier alpha value is -0.550. The SMILES string of the molecule is Oc1sc(S)c2c1OCCO2. The first-order valence-electron chi connectivity index (χ1n) is 3.09. The average molecular weight is 190 g/mol. The fourth-order valence-corrected chi connectivity index (χ4v) is 2.02. The van der Waals surface area contributed by atoms with Gasteiger partial charge in [-0.1, -0.05) is 11.3 Å². The van der Waals surface area contributed by atoms with Crippen LogP contribution in [0.4, 0.5) is 0 Å². The minimum atomic E-state index is 0.143. The third kappa shape index (κ3) is 1.04. The molecule has 3 nitrogen and oxygen atoms in total. The number of fused-ring (bicyclic) bond motifs is 1. The summed E-state index contributed by atoms with van der Waals surface area (Å²) < 4.78 is 11.0. The summed E-state index contributed by atoms with van der Waals surface area (Å²) in [5, 5.41) is 9.39. The average Bonchev–Trinajstić information content (AvgIpc) is 2.30. The van der Waals surface area contributed by atoms with E-state index in [0.717, 1.165) is 11.3 Å². The molecule has 11 heavy (non-hydrogen) atoms. The first-order chi connectivity index (χ1) is 5.29. The van der Waals surface area contributed by atoms with Gasteiger partial charge in [-0.05, 0) is 0 Å². The van der Waals surface area contributed by atoms with Crippen LogP contribution in [0.5, 0.6) is 16.6 Å². The Morgan fingerprint density at radius 3 is 2.55 bits per heavy atom. The van der Waals surface area contributed by atoms with Gasteiger partial charge in [-0.25, -0.2) is 0 Å². The Kier molecular flexibility index (Phi) is 1.61. The van der Waals surface area contributed by atoms with Crippen LogP contribution in [-0.4, -0.2) is 18.3 Å². The maximum atomic E-state index is 9.24. The predicted molar refractivity (Wildman–Crippen MR) is 44.2 cm³/mol. The number of thiophene rings is 1. The van der Waals surface area contributed by atoms with Gasteiger partial charge in [0.1, 0.15) is 17.4 Å². The van der Waals surface area contributed by atoms with E-state index in [9.17, 15) is 5.11 Å². The Morgan fingerprint density at radius 2 is 1.91 bits per heavy atom. The molecule has 1 aliphatic rings. The lowest BCUT2D eigenvalue weighted by atomic mass is 10.5. The fraction of sp³-hybridized carbons (Fsp3) is 0.333. The van der Waals surface area contributed by atoms with Gasteiger partial charge in [0.15, 0.2) is 5.75 Å². The van der Waals surface area contributed by atoms with Crippen molar-refractivity contribution in [2.45, 2.75) is 4.21 Å². The molecule has 1 aromatic rings. The van der Waals surface area contributed by atoms with Gasteiger partial charge in [-0.15, -0.1) is 12.6 Å². The van der Waals surface area contributed by atoms with Crippen molar-refractivity contribution in [3.8, 4) is 16.6 Å². The van der Waals surface area contributed by atoms with Crippen LogP contribution in [-0.2, 0) is 0 Å². The third-order valence-corrected chi connectivity index (χ3v) is 2.60. The van der Waals surface area contributed by atoms with Gasteiger partial charge in [0.25, 0.3) is 0 Å². The number of ether oxygens (including phenoxy) is 2. The van der Waals surface area contributed by atoms with Crippen molar-refractivity contribution in [1.29, 1.82) is 0 Å². The van der Waals surface area contributed by atoms with Crippen molar-refractivity contribution < 1.29 is 14.6 Å². The molecule has 1 N–H and O–H groups in total. The van der Waals surface area contributed by atoms with Crippen molar-refractivity contribution in [2.75, 3.05) is 13.2 Å². The molecule has 2 heterocycles. The molecule has 0 atom stereocenters. The maximum Gasteiger partial charge on any atom is 0.219 e. The molecule has 0 aromatic carbocycles. The summed E-state index contributed by atoms with van der Waals surface area (Å²) in [5.41, 5.74) is 0. The van der Waals surface area contributed by atoms with Gasteiger partial charge in [-0.2, -0.15) is 0 Å². The highest BCUT2D eigenvalue weighted by atomic mass is 32.2. The molecule has 0 spiro atoms. The van der Waals surface area contributed by atoms with E-state index in [0.29, 0.717) is 28.9 Å². The van der Waals surface area contributed by atoms with E-state index in [1.165, 1.54) is 0 Å². The Balaban J connectivity index is 2.52. The molecular formula is C6H6O3S2. The molecule has 0 saturated heterocycles. The third-order valence-electron chi connectivity index (χ3n) is 1.36. The summed E-state index contributed by atoms with van der Waals surface area (Å²) >= 11 is 5.26. The highest BCUT2D eigenvalue weighted by molar-refractivity contribution is 7.83. The van der Waals surface area contributed by atoms with E-state index in [-0.39, 0.29) is 5.06 Å². The quantitative estimate of drug-likeness (QED) is 0.609. The summed E-state index contributed by atoms with van der Waals surface area (Å²) in [6.07, 6.45) is 0. The lowest BCUT2D eigenvalue weighted by Crippen LogP contribution is -2.14. The standard InChI is InChI=1S/C6H6O3S2/c7-5-3-4(6(10)11-5)9-2-1-8-3/h7,10H,1-2H2. The van der Waals surface area contributed by atoms with Crippen LogP contribution in [0.2, 0.25) is 0 Å². The van der Waals surface area contributed by atoms with Gasteiger partial charge >= 0.3 is 0 Å². The van der Waals surface area contributed by atoms with E-state index < -0.39 is 0 Å². The second kappa shape index (κ2) is 2.49. The van der Waals surface area contributed by atoms with Crippen LogP contribution in [0.3, 0.4) is 0 Å².